The molecule has 6 nitrogen and oxygen atoms in total. The predicted octanol–water partition coefficient (Wildman–Crippen LogP) is 2.89. The molecule has 0 radical (unpaired) electrons. The van der Waals surface area contributed by atoms with Crippen LogP contribution in [0.15, 0.2) is 23.1 Å². The van der Waals surface area contributed by atoms with E-state index in [1.165, 1.54) is 0 Å². The van der Waals surface area contributed by atoms with Gasteiger partial charge >= 0.3 is 0 Å². The first-order valence-electron chi connectivity index (χ1n) is 10.1. The number of nitrogens with zero attached hydrogens (tertiary/aromatic N) is 3. The van der Waals surface area contributed by atoms with E-state index in [-0.39, 0.29) is 22.3 Å². The van der Waals surface area contributed by atoms with Crippen molar-refractivity contribution in [3.63, 3.8) is 0 Å². The SMILES string of the molecule is Cc1ccc(C(=O)N2CCCC3(CCc4c3nc(C(C)(C)C)[nH]c4=O)C2)cn1. The van der Waals surface area contributed by atoms with Crippen molar-refractivity contribution >= 4 is 5.91 Å². The number of likely N-dealkylation sites (tertiary alicyclic amines) is 1. The Morgan fingerprint density at radius 3 is 2.71 bits per heavy atom. The van der Waals surface area contributed by atoms with E-state index in [0.717, 1.165) is 55.0 Å². The minimum Gasteiger partial charge on any atom is -0.338 e. The largest absolute Gasteiger partial charge is 0.338 e. The summed E-state index contributed by atoms with van der Waals surface area (Å²) in [6.45, 7) is 9.43. The molecule has 2 aromatic rings. The van der Waals surface area contributed by atoms with Gasteiger partial charge in [-0.1, -0.05) is 20.8 Å². The van der Waals surface area contributed by atoms with Crippen LogP contribution in [-0.2, 0) is 17.3 Å². The van der Waals surface area contributed by atoms with Gasteiger partial charge in [-0.05, 0) is 44.7 Å². The molecule has 2 aromatic heterocycles. The molecule has 1 fully saturated rings. The van der Waals surface area contributed by atoms with Crippen LogP contribution in [0.4, 0.5) is 0 Å². The fraction of sp³-hybridized carbons (Fsp3) is 0.545. The standard InChI is InChI=1S/C22H28N4O2/c1-14-6-7-15(12-23-14)19(28)26-11-5-9-22(13-26)10-8-16-17(22)24-20(21(2,3)4)25-18(16)27/h6-7,12H,5,8-11,13H2,1-4H3,(H,24,25,27). The normalized spacial score (nSPS) is 21.8. The molecular formula is C22H28N4O2. The van der Waals surface area contributed by atoms with Crippen LogP contribution in [0.5, 0.6) is 0 Å². The summed E-state index contributed by atoms with van der Waals surface area (Å²) in [5.41, 5.74) is 2.79. The lowest BCUT2D eigenvalue weighted by atomic mass is 9.77. The molecule has 2 aliphatic rings. The highest BCUT2D eigenvalue weighted by Gasteiger charge is 2.46. The number of amides is 1. The van der Waals surface area contributed by atoms with Crippen LogP contribution < -0.4 is 5.56 Å². The smallest absolute Gasteiger partial charge is 0.255 e. The van der Waals surface area contributed by atoms with Gasteiger partial charge in [0.2, 0.25) is 0 Å². The Kier molecular flexibility index (Phi) is 4.40. The highest BCUT2D eigenvalue weighted by atomic mass is 16.2. The summed E-state index contributed by atoms with van der Waals surface area (Å²) >= 11 is 0. The molecule has 148 valence electrons. The number of H-pyrrole nitrogens is 1. The number of hydrogen-bond donors (Lipinski definition) is 1. The minimum atomic E-state index is -0.226. The molecule has 1 aliphatic carbocycles. The summed E-state index contributed by atoms with van der Waals surface area (Å²) in [5.74, 6) is 0.740. The molecule has 0 bridgehead atoms. The Labute approximate surface area is 165 Å². The van der Waals surface area contributed by atoms with E-state index in [2.05, 4.69) is 30.7 Å². The number of hydrogen-bond acceptors (Lipinski definition) is 4. The van der Waals surface area contributed by atoms with E-state index in [9.17, 15) is 9.59 Å². The van der Waals surface area contributed by atoms with Gasteiger partial charge in [0.1, 0.15) is 5.82 Å². The van der Waals surface area contributed by atoms with Gasteiger partial charge in [-0.3, -0.25) is 14.6 Å². The molecule has 1 amide bonds. The fourth-order valence-corrected chi connectivity index (χ4v) is 4.49. The Balaban J connectivity index is 1.69. The quantitative estimate of drug-likeness (QED) is 0.825. The number of aromatic nitrogens is 3. The Morgan fingerprint density at radius 1 is 1.25 bits per heavy atom. The first-order valence-corrected chi connectivity index (χ1v) is 10.1. The van der Waals surface area contributed by atoms with E-state index < -0.39 is 0 Å². The third-order valence-electron chi connectivity index (χ3n) is 6.10. The number of pyridine rings is 1. The lowest BCUT2D eigenvalue weighted by Gasteiger charge is -2.40. The maximum atomic E-state index is 13.1. The molecule has 0 saturated carbocycles. The molecule has 28 heavy (non-hydrogen) atoms. The topological polar surface area (TPSA) is 79.0 Å². The molecule has 1 aliphatic heterocycles. The number of fused-ring (bicyclic) bond motifs is 2. The number of carbonyl (C=O) groups excluding carboxylic acids is 1. The highest BCUT2D eigenvalue weighted by Crippen LogP contribution is 2.43. The molecule has 1 atom stereocenters. The summed E-state index contributed by atoms with van der Waals surface area (Å²) in [6, 6.07) is 3.71. The third kappa shape index (κ3) is 3.15. The molecule has 6 heteroatoms. The lowest BCUT2D eigenvalue weighted by molar-refractivity contribution is 0.0632. The van der Waals surface area contributed by atoms with Crippen molar-refractivity contribution in [2.45, 2.75) is 64.2 Å². The second kappa shape index (κ2) is 6.54. The van der Waals surface area contributed by atoms with Gasteiger partial charge < -0.3 is 9.88 Å². The van der Waals surface area contributed by atoms with Crippen molar-refractivity contribution < 1.29 is 4.79 Å². The molecule has 4 rings (SSSR count). The van der Waals surface area contributed by atoms with Crippen molar-refractivity contribution in [3.05, 3.63) is 57.0 Å². The van der Waals surface area contributed by atoms with Crippen LogP contribution in [0.2, 0.25) is 0 Å². The molecule has 1 N–H and O–H groups in total. The van der Waals surface area contributed by atoms with Gasteiger partial charge in [0.05, 0.1) is 11.3 Å². The molecule has 1 saturated heterocycles. The zero-order chi connectivity index (χ0) is 20.1. The van der Waals surface area contributed by atoms with Gasteiger partial charge in [0.25, 0.3) is 11.5 Å². The Bertz CT molecular complexity index is 972. The van der Waals surface area contributed by atoms with E-state index in [1.54, 1.807) is 6.20 Å². The predicted molar refractivity (Wildman–Crippen MR) is 108 cm³/mol. The number of rotatable bonds is 1. The van der Waals surface area contributed by atoms with E-state index in [4.69, 9.17) is 4.98 Å². The van der Waals surface area contributed by atoms with Crippen LogP contribution in [0.3, 0.4) is 0 Å². The number of aryl methyl sites for hydroxylation is 1. The second-order valence-corrected chi connectivity index (χ2v) is 9.29. The van der Waals surface area contributed by atoms with E-state index in [0.29, 0.717) is 12.1 Å². The average Bonchev–Trinajstić information content (AvgIpc) is 3.00. The van der Waals surface area contributed by atoms with Crippen LogP contribution in [-0.4, -0.2) is 38.8 Å². The van der Waals surface area contributed by atoms with Crippen LogP contribution in [0.1, 0.15) is 73.2 Å². The fourth-order valence-electron chi connectivity index (χ4n) is 4.49. The zero-order valence-electron chi connectivity index (χ0n) is 17.1. The lowest BCUT2D eigenvalue weighted by Crippen LogP contribution is -2.48. The van der Waals surface area contributed by atoms with Gasteiger partial charge in [-0.2, -0.15) is 0 Å². The number of aromatic amines is 1. The maximum Gasteiger partial charge on any atom is 0.255 e. The number of piperidine rings is 1. The Hall–Kier alpha value is -2.50. The molecule has 1 spiro atoms. The van der Waals surface area contributed by atoms with Crippen LogP contribution in [0, 0.1) is 6.92 Å². The zero-order valence-corrected chi connectivity index (χ0v) is 17.1. The van der Waals surface area contributed by atoms with Gasteiger partial charge in [-0.15, -0.1) is 0 Å². The average molecular weight is 380 g/mol. The summed E-state index contributed by atoms with van der Waals surface area (Å²) in [5, 5.41) is 0. The first-order chi connectivity index (χ1) is 13.2. The van der Waals surface area contributed by atoms with Gasteiger partial charge in [0.15, 0.2) is 0 Å². The van der Waals surface area contributed by atoms with Gasteiger partial charge in [-0.25, -0.2) is 4.98 Å². The molecular weight excluding hydrogens is 352 g/mol. The van der Waals surface area contributed by atoms with Crippen molar-refractivity contribution in [2.24, 2.45) is 0 Å². The van der Waals surface area contributed by atoms with E-state index >= 15 is 0 Å². The maximum absolute atomic E-state index is 13.1. The third-order valence-corrected chi connectivity index (χ3v) is 6.10. The number of nitrogens with one attached hydrogen (secondary N) is 1. The second-order valence-electron chi connectivity index (χ2n) is 9.29. The molecule has 1 unspecified atom stereocenters. The van der Waals surface area contributed by atoms with Gasteiger partial charge in [0, 0.05) is 41.4 Å². The minimum absolute atomic E-state index is 0.0147. The molecule has 0 aromatic carbocycles. The Morgan fingerprint density at radius 2 is 2.04 bits per heavy atom. The van der Waals surface area contributed by atoms with Crippen LogP contribution in [0.25, 0.3) is 0 Å². The summed E-state index contributed by atoms with van der Waals surface area (Å²) in [6.07, 6.45) is 5.15. The summed E-state index contributed by atoms with van der Waals surface area (Å²) in [4.78, 5) is 39.8. The summed E-state index contributed by atoms with van der Waals surface area (Å²) < 4.78 is 0. The van der Waals surface area contributed by atoms with E-state index in [1.807, 2.05) is 24.0 Å². The van der Waals surface area contributed by atoms with Crippen LogP contribution >= 0.6 is 0 Å². The number of carbonyl (C=O) groups is 1. The summed E-state index contributed by atoms with van der Waals surface area (Å²) in [7, 11) is 0. The first kappa shape index (κ1) is 18.8. The van der Waals surface area contributed by atoms with Crippen molar-refractivity contribution in [1.82, 2.24) is 19.9 Å². The monoisotopic (exact) mass is 380 g/mol. The highest BCUT2D eigenvalue weighted by molar-refractivity contribution is 5.94. The van der Waals surface area contributed by atoms with Crippen molar-refractivity contribution in [3.8, 4) is 0 Å². The van der Waals surface area contributed by atoms with Crippen molar-refractivity contribution in [1.29, 1.82) is 0 Å². The van der Waals surface area contributed by atoms with Crippen molar-refractivity contribution in [2.75, 3.05) is 13.1 Å². The molecule has 3 heterocycles.